The van der Waals surface area contributed by atoms with Gasteiger partial charge < -0.3 is 9.84 Å². The van der Waals surface area contributed by atoms with Crippen LogP contribution in [0.4, 0.5) is 0 Å². The van der Waals surface area contributed by atoms with Gasteiger partial charge in [0.1, 0.15) is 6.33 Å². The van der Waals surface area contributed by atoms with Crippen LogP contribution in [0.5, 0.6) is 0 Å². The minimum absolute atomic E-state index is 0.546. The second-order valence-electron chi connectivity index (χ2n) is 3.68. The minimum atomic E-state index is -1.13. The molecule has 0 amide bonds. The van der Waals surface area contributed by atoms with Crippen LogP contribution in [0.2, 0.25) is 0 Å². The summed E-state index contributed by atoms with van der Waals surface area (Å²) in [5.41, 5.74) is 0.158. The lowest BCUT2D eigenvalue weighted by Crippen LogP contribution is -2.35. The Morgan fingerprint density at radius 1 is 1.67 bits per heavy atom. The topological polar surface area (TPSA) is 72.3 Å². The van der Waals surface area contributed by atoms with Crippen LogP contribution < -0.4 is 0 Å². The van der Waals surface area contributed by atoms with Gasteiger partial charge in [-0.3, -0.25) is 0 Å². The first-order chi connectivity index (χ1) is 7.20. The molecule has 5 heteroatoms. The van der Waals surface area contributed by atoms with Crippen molar-refractivity contribution in [1.29, 1.82) is 0 Å². The lowest BCUT2D eigenvalue weighted by Gasteiger charge is -2.18. The summed E-state index contributed by atoms with van der Waals surface area (Å²) in [7, 11) is 1.27. The van der Waals surface area contributed by atoms with Crippen molar-refractivity contribution < 1.29 is 14.6 Å². The number of aliphatic hydroxyl groups is 1. The number of methoxy groups -OCH3 is 1. The fraction of sp³-hybridized carbons (Fsp3) is 0.500. The summed E-state index contributed by atoms with van der Waals surface area (Å²) < 4.78 is 4.53. The Kier molecular flexibility index (Phi) is 2.40. The smallest absolute Gasteiger partial charge is 0.335 e. The van der Waals surface area contributed by atoms with Crippen molar-refractivity contribution in [3.63, 3.8) is 0 Å². The summed E-state index contributed by atoms with van der Waals surface area (Å²) in [6, 6.07) is 1.72. The van der Waals surface area contributed by atoms with Gasteiger partial charge >= 0.3 is 5.97 Å². The zero-order valence-corrected chi connectivity index (χ0v) is 8.38. The van der Waals surface area contributed by atoms with Crippen molar-refractivity contribution in [2.75, 3.05) is 7.11 Å². The van der Waals surface area contributed by atoms with E-state index >= 15 is 0 Å². The van der Waals surface area contributed by atoms with Gasteiger partial charge in [0.2, 0.25) is 0 Å². The summed E-state index contributed by atoms with van der Waals surface area (Å²) in [4.78, 5) is 19.1. The third-order valence-electron chi connectivity index (χ3n) is 2.83. The molecule has 1 atom stereocenters. The first-order valence-corrected chi connectivity index (χ1v) is 4.73. The zero-order chi connectivity index (χ0) is 10.9. The van der Waals surface area contributed by atoms with E-state index < -0.39 is 17.5 Å². The molecule has 0 bridgehead atoms. The highest BCUT2D eigenvalue weighted by Crippen LogP contribution is 2.50. The quantitative estimate of drug-likeness (QED) is 0.710. The third-order valence-corrected chi connectivity index (χ3v) is 2.83. The van der Waals surface area contributed by atoms with Crippen LogP contribution in [0.15, 0.2) is 18.6 Å². The number of rotatable bonds is 3. The minimum Gasteiger partial charge on any atom is -0.467 e. The van der Waals surface area contributed by atoms with Gasteiger partial charge in [-0.15, -0.1) is 0 Å². The molecule has 1 aromatic heterocycles. The molecular formula is C10H12N2O3. The molecule has 0 saturated heterocycles. The van der Waals surface area contributed by atoms with Crippen molar-refractivity contribution in [3.05, 3.63) is 24.3 Å². The number of aromatic nitrogens is 2. The SMILES string of the molecule is COC(=O)C(O)C1(c2ccncn2)CC1. The molecule has 2 rings (SSSR count). The molecule has 1 saturated carbocycles. The van der Waals surface area contributed by atoms with Gasteiger partial charge in [0.15, 0.2) is 6.10 Å². The largest absolute Gasteiger partial charge is 0.467 e. The number of esters is 1. The van der Waals surface area contributed by atoms with Crippen LogP contribution in [0, 0.1) is 0 Å². The standard InChI is InChI=1S/C10H12N2O3/c1-15-9(14)8(13)10(3-4-10)7-2-5-11-6-12-7/h2,5-6,8,13H,3-4H2,1H3. The van der Waals surface area contributed by atoms with Crippen LogP contribution in [0.1, 0.15) is 18.5 Å². The molecule has 1 aliphatic rings. The van der Waals surface area contributed by atoms with Crippen molar-refractivity contribution in [1.82, 2.24) is 9.97 Å². The van der Waals surface area contributed by atoms with E-state index in [0.29, 0.717) is 5.69 Å². The van der Waals surface area contributed by atoms with Crippen molar-refractivity contribution >= 4 is 5.97 Å². The fourth-order valence-electron chi connectivity index (χ4n) is 1.73. The van der Waals surface area contributed by atoms with E-state index in [1.54, 1.807) is 12.3 Å². The Balaban J connectivity index is 2.25. The normalized spacial score (nSPS) is 19.3. The number of nitrogens with zero attached hydrogens (tertiary/aromatic N) is 2. The highest BCUT2D eigenvalue weighted by Gasteiger charge is 2.55. The number of carbonyl (C=O) groups excluding carboxylic acids is 1. The molecule has 1 aliphatic carbocycles. The Bertz CT molecular complexity index is 362. The predicted molar refractivity (Wildman–Crippen MR) is 51.0 cm³/mol. The average molecular weight is 208 g/mol. The molecule has 1 unspecified atom stereocenters. The van der Waals surface area contributed by atoms with E-state index in [0.717, 1.165) is 12.8 Å². The zero-order valence-electron chi connectivity index (χ0n) is 8.38. The summed E-state index contributed by atoms with van der Waals surface area (Å²) in [5.74, 6) is -0.605. The van der Waals surface area contributed by atoms with Gasteiger partial charge in [0.25, 0.3) is 0 Å². The van der Waals surface area contributed by atoms with E-state index in [1.165, 1.54) is 13.4 Å². The average Bonchev–Trinajstić information content (AvgIpc) is 3.09. The van der Waals surface area contributed by atoms with Gasteiger partial charge in [-0.05, 0) is 18.9 Å². The molecule has 1 heterocycles. The van der Waals surface area contributed by atoms with E-state index in [-0.39, 0.29) is 0 Å². The van der Waals surface area contributed by atoms with E-state index in [2.05, 4.69) is 14.7 Å². The van der Waals surface area contributed by atoms with Crippen LogP contribution in [0.3, 0.4) is 0 Å². The Labute approximate surface area is 87.1 Å². The van der Waals surface area contributed by atoms with E-state index in [4.69, 9.17) is 0 Å². The van der Waals surface area contributed by atoms with Crippen LogP contribution in [0.25, 0.3) is 0 Å². The van der Waals surface area contributed by atoms with Gasteiger partial charge in [-0.2, -0.15) is 0 Å². The number of ether oxygens (including phenoxy) is 1. The number of carbonyl (C=O) groups is 1. The van der Waals surface area contributed by atoms with Gasteiger partial charge in [-0.1, -0.05) is 0 Å². The molecule has 1 fully saturated rings. The third kappa shape index (κ3) is 1.59. The molecule has 1 N–H and O–H groups in total. The highest BCUT2D eigenvalue weighted by atomic mass is 16.5. The molecular weight excluding hydrogens is 196 g/mol. The van der Waals surface area contributed by atoms with E-state index in [1.807, 2.05) is 0 Å². The van der Waals surface area contributed by atoms with Gasteiger partial charge in [0.05, 0.1) is 12.8 Å². The maximum atomic E-state index is 11.3. The first kappa shape index (κ1) is 10.0. The molecule has 1 aromatic rings. The molecule has 0 aliphatic heterocycles. The molecule has 80 valence electrons. The maximum Gasteiger partial charge on any atom is 0.335 e. The lowest BCUT2D eigenvalue weighted by molar-refractivity contribution is -0.152. The first-order valence-electron chi connectivity index (χ1n) is 4.73. The molecule has 0 radical (unpaired) electrons. The predicted octanol–water partition coefficient (Wildman–Crippen LogP) is 0.0421. The summed E-state index contributed by atoms with van der Waals surface area (Å²) >= 11 is 0. The molecule has 5 nitrogen and oxygen atoms in total. The molecule has 15 heavy (non-hydrogen) atoms. The van der Waals surface area contributed by atoms with E-state index in [9.17, 15) is 9.90 Å². The Morgan fingerprint density at radius 3 is 2.87 bits per heavy atom. The number of aliphatic hydroxyl groups excluding tert-OH is 1. The second kappa shape index (κ2) is 3.58. The van der Waals surface area contributed by atoms with Crippen molar-refractivity contribution in [3.8, 4) is 0 Å². The number of hydrogen-bond acceptors (Lipinski definition) is 5. The van der Waals surface area contributed by atoms with Crippen LogP contribution in [-0.2, 0) is 14.9 Å². The highest BCUT2D eigenvalue weighted by molar-refractivity contribution is 5.77. The van der Waals surface area contributed by atoms with Gasteiger partial charge in [-0.25, -0.2) is 14.8 Å². The lowest BCUT2D eigenvalue weighted by atomic mass is 9.95. The van der Waals surface area contributed by atoms with Crippen LogP contribution >= 0.6 is 0 Å². The van der Waals surface area contributed by atoms with Crippen molar-refractivity contribution in [2.45, 2.75) is 24.4 Å². The summed E-state index contributed by atoms with van der Waals surface area (Å²) in [6.45, 7) is 0. The number of hydrogen-bond donors (Lipinski definition) is 1. The van der Waals surface area contributed by atoms with Crippen LogP contribution in [-0.4, -0.2) is 34.3 Å². The monoisotopic (exact) mass is 208 g/mol. The maximum absolute atomic E-state index is 11.3. The summed E-state index contributed by atoms with van der Waals surface area (Å²) in [6.07, 6.45) is 3.39. The van der Waals surface area contributed by atoms with Gasteiger partial charge in [0, 0.05) is 11.6 Å². The molecule has 0 aromatic carbocycles. The second-order valence-corrected chi connectivity index (χ2v) is 3.68. The Hall–Kier alpha value is -1.49. The van der Waals surface area contributed by atoms with Crippen molar-refractivity contribution in [2.24, 2.45) is 0 Å². The summed E-state index contributed by atoms with van der Waals surface area (Å²) in [5, 5.41) is 9.83. The fourth-order valence-corrected chi connectivity index (χ4v) is 1.73. The molecule has 0 spiro atoms. The Morgan fingerprint density at radius 2 is 2.40 bits per heavy atom.